The molecule has 0 spiro atoms. The monoisotopic (exact) mass is 270 g/mol. The van der Waals surface area contributed by atoms with Crippen molar-refractivity contribution in [3.05, 3.63) is 35.7 Å². The molecule has 0 saturated carbocycles. The first kappa shape index (κ1) is 14.1. The predicted octanol–water partition coefficient (Wildman–Crippen LogP) is 2.22. The first-order valence-electron chi connectivity index (χ1n) is 6.79. The summed E-state index contributed by atoms with van der Waals surface area (Å²) < 4.78 is 0. The summed E-state index contributed by atoms with van der Waals surface area (Å²) in [6.45, 7) is 3.43. The van der Waals surface area contributed by atoms with E-state index in [1.807, 2.05) is 25.1 Å². The third kappa shape index (κ3) is 3.58. The van der Waals surface area contributed by atoms with Gasteiger partial charge in [0.15, 0.2) is 0 Å². The highest BCUT2D eigenvalue weighted by molar-refractivity contribution is 5.97. The molecule has 104 valence electrons. The zero-order valence-electron chi connectivity index (χ0n) is 11.6. The normalized spacial score (nSPS) is 15.6. The molecule has 0 aliphatic carbocycles. The number of hydrogen-bond donors (Lipinski definition) is 1. The number of amides is 1. The van der Waals surface area contributed by atoms with Gasteiger partial charge in [0.25, 0.3) is 5.91 Å². The number of carbonyl (C=O) groups is 1. The molecule has 0 aromatic carbocycles. The van der Waals surface area contributed by atoms with E-state index in [1.54, 1.807) is 11.1 Å². The van der Waals surface area contributed by atoms with Crippen molar-refractivity contribution < 1.29 is 4.79 Å². The SMILES string of the molecule is Cc1ccnc(N/C=C(/C#N)C(=O)N2CCCCC2)c1. The van der Waals surface area contributed by atoms with Gasteiger partial charge in [-0.1, -0.05) is 0 Å². The maximum atomic E-state index is 12.2. The number of hydrogen-bond acceptors (Lipinski definition) is 4. The lowest BCUT2D eigenvalue weighted by Crippen LogP contribution is -2.36. The van der Waals surface area contributed by atoms with Gasteiger partial charge >= 0.3 is 0 Å². The fourth-order valence-electron chi connectivity index (χ4n) is 2.17. The van der Waals surface area contributed by atoms with Crippen LogP contribution in [0.5, 0.6) is 0 Å². The second kappa shape index (κ2) is 6.71. The predicted molar refractivity (Wildman–Crippen MR) is 76.7 cm³/mol. The van der Waals surface area contributed by atoms with Crippen LogP contribution in [0.4, 0.5) is 5.82 Å². The molecule has 2 rings (SSSR count). The molecule has 1 N–H and O–H groups in total. The molecule has 2 heterocycles. The van der Waals surface area contributed by atoms with Gasteiger partial charge in [-0.3, -0.25) is 4.79 Å². The van der Waals surface area contributed by atoms with Crippen LogP contribution in [0.2, 0.25) is 0 Å². The quantitative estimate of drug-likeness (QED) is 0.675. The fraction of sp³-hybridized carbons (Fsp3) is 0.400. The van der Waals surface area contributed by atoms with Gasteiger partial charge in [-0.2, -0.15) is 5.26 Å². The van der Waals surface area contributed by atoms with Crippen molar-refractivity contribution in [2.24, 2.45) is 0 Å². The molecule has 1 aromatic rings. The number of nitrogens with one attached hydrogen (secondary N) is 1. The number of anilines is 1. The van der Waals surface area contributed by atoms with Gasteiger partial charge in [0, 0.05) is 25.5 Å². The third-order valence-corrected chi connectivity index (χ3v) is 3.27. The summed E-state index contributed by atoms with van der Waals surface area (Å²) >= 11 is 0. The summed E-state index contributed by atoms with van der Waals surface area (Å²) in [6, 6.07) is 5.71. The Labute approximate surface area is 118 Å². The molecule has 0 unspecified atom stereocenters. The van der Waals surface area contributed by atoms with Gasteiger partial charge in [0.1, 0.15) is 17.5 Å². The molecular formula is C15H18N4O. The molecule has 1 aromatic heterocycles. The van der Waals surface area contributed by atoms with E-state index in [-0.39, 0.29) is 11.5 Å². The molecule has 0 radical (unpaired) electrons. The van der Waals surface area contributed by atoms with Crippen molar-refractivity contribution >= 4 is 11.7 Å². The molecule has 1 fully saturated rings. The molecular weight excluding hydrogens is 252 g/mol. The van der Waals surface area contributed by atoms with Crippen LogP contribution in [0.15, 0.2) is 30.1 Å². The lowest BCUT2D eigenvalue weighted by atomic mass is 10.1. The van der Waals surface area contributed by atoms with Crippen LogP contribution < -0.4 is 5.32 Å². The first-order valence-corrected chi connectivity index (χ1v) is 6.79. The Morgan fingerprint density at radius 2 is 2.20 bits per heavy atom. The summed E-state index contributed by atoms with van der Waals surface area (Å²) in [5, 5.41) is 12.0. The fourth-order valence-corrected chi connectivity index (χ4v) is 2.17. The van der Waals surface area contributed by atoms with Gasteiger partial charge in [-0.05, 0) is 43.9 Å². The Kier molecular flexibility index (Phi) is 4.72. The lowest BCUT2D eigenvalue weighted by Gasteiger charge is -2.26. The Morgan fingerprint density at radius 1 is 1.45 bits per heavy atom. The lowest BCUT2D eigenvalue weighted by molar-refractivity contribution is -0.127. The van der Waals surface area contributed by atoms with E-state index in [0.717, 1.165) is 37.9 Å². The Hall–Kier alpha value is -2.35. The van der Waals surface area contributed by atoms with Crippen molar-refractivity contribution in [2.75, 3.05) is 18.4 Å². The maximum Gasteiger partial charge on any atom is 0.266 e. The summed E-state index contributed by atoms with van der Waals surface area (Å²) in [6.07, 6.45) is 6.30. The van der Waals surface area contributed by atoms with Crippen molar-refractivity contribution in [1.82, 2.24) is 9.88 Å². The number of likely N-dealkylation sites (tertiary alicyclic amines) is 1. The number of pyridine rings is 1. The van der Waals surface area contributed by atoms with Crippen LogP contribution in [0.25, 0.3) is 0 Å². The second-order valence-electron chi connectivity index (χ2n) is 4.89. The standard InChI is InChI=1S/C15H18N4O/c1-12-5-6-17-14(9-12)18-11-13(10-16)15(20)19-7-3-2-4-8-19/h5-6,9,11H,2-4,7-8H2,1H3,(H,17,18)/b13-11-. The minimum atomic E-state index is -0.202. The van der Waals surface area contributed by atoms with E-state index >= 15 is 0 Å². The minimum Gasteiger partial charge on any atom is -0.345 e. The van der Waals surface area contributed by atoms with Crippen molar-refractivity contribution in [3.63, 3.8) is 0 Å². The van der Waals surface area contributed by atoms with Crippen molar-refractivity contribution in [1.29, 1.82) is 5.26 Å². The minimum absolute atomic E-state index is 0.121. The van der Waals surface area contributed by atoms with Gasteiger partial charge < -0.3 is 10.2 Å². The zero-order valence-corrected chi connectivity index (χ0v) is 11.6. The average Bonchev–Trinajstić information content (AvgIpc) is 2.48. The van der Waals surface area contributed by atoms with Crippen LogP contribution >= 0.6 is 0 Å². The Balaban J connectivity index is 2.05. The number of aryl methyl sites for hydroxylation is 1. The Bertz CT molecular complexity index is 553. The van der Waals surface area contributed by atoms with Crippen LogP contribution in [0.3, 0.4) is 0 Å². The highest BCUT2D eigenvalue weighted by Crippen LogP contribution is 2.12. The zero-order chi connectivity index (χ0) is 14.4. The molecule has 1 amide bonds. The molecule has 1 aliphatic rings. The third-order valence-electron chi connectivity index (χ3n) is 3.27. The van der Waals surface area contributed by atoms with Gasteiger partial charge in [0.2, 0.25) is 0 Å². The molecule has 5 nitrogen and oxygen atoms in total. The number of rotatable bonds is 3. The summed E-state index contributed by atoms with van der Waals surface area (Å²) in [4.78, 5) is 18.1. The average molecular weight is 270 g/mol. The van der Waals surface area contributed by atoms with Crippen LogP contribution in [-0.2, 0) is 4.79 Å². The van der Waals surface area contributed by atoms with E-state index in [2.05, 4.69) is 10.3 Å². The number of nitrogens with zero attached hydrogens (tertiary/aromatic N) is 3. The van der Waals surface area contributed by atoms with Gasteiger partial charge in [-0.25, -0.2) is 4.98 Å². The summed E-state index contributed by atoms with van der Waals surface area (Å²) in [7, 11) is 0. The smallest absolute Gasteiger partial charge is 0.266 e. The summed E-state index contributed by atoms with van der Waals surface area (Å²) in [5.74, 6) is 0.427. The first-order chi connectivity index (χ1) is 9.70. The molecule has 0 atom stereocenters. The van der Waals surface area contributed by atoms with Crippen LogP contribution in [-0.4, -0.2) is 28.9 Å². The van der Waals surface area contributed by atoms with Crippen molar-refractivity contribution in [3.8, 4) is 6.07 Å². The van der Waals surface area contributed by atoms with Crippen LogP contribution in [0, 0.1) is 18.3 Å². The molecule has 1 saturated heterocycles. The van der Waals surface area contributed by atoms with E-state index < -0.39 is 0 Å². The maximum absolute atomic E-state index is 12.2. The van der Waals surface area contributed by atoms with E-state index in [4.69, 9.17) is 5.26 Å². The van der Waals surface area contributed by atoms with Crippen molar-refractivity contribution in [2.45, 2.75) is 26.2 Å². The second-order valence-corrected chi connectivity index (χ2v) is 4.89. The van der Waals surface area contributed by atoms with E-state index in [1.165, 1.54) is 6.20 Å². The summed E-state index contributed by atoms with van der Waals surface area (Å²) in [5.41, 5.74) is 1.19. The van der Waals surface area contributed by atoms with E-state index in [9.17, 15) is 4.79 Å². The van der Waals surface area contributed by atoms with Gasteiger partial charge in [-0.15, -0.1) is 0 Å². The van der Waals surface area contributed by atoms with Gasteiger partial charge in [0.05, 0.1) is 0 Å². The number of carbonyl (C=O) groups excluding carboxylic acids is 1. The molecule has 5 heteroatoms. The number of piperidine rings is 1. The molecule has 20 heavy (non-hydrogen) atoms. The number of nitriles is 1. The molecule has 0 bridgehead atoms. The largest absolute Gasteiger partial charge is 0.345 e. The van der Waals surface area contributed by atoms with Crippen LogP contribution in [0.1, 0.15) is 24.8 Å². The number of aromatic nitrogens is 1. The molecule has 1 aliphatic heterocycles. The Morgan fingerprint density at radius 3 is 2.85 bits per heavy atom. The highest BCUT2D eigenvalue weighted by Gasteiger charge is 2.20. The van der Waals surface area contributed by atoms with E-state index in [0.29, 0.717) is 5.82 Å². The highest BCUT2D eigenvalue weighted by atomic mass is 16.2. The topological polar surface area (TPSA) is 69.0 Å².